The van der Waals surface area contributed by atoms with Gasteiger partial charge in [0.1, 0.15) is 11.8 Å². The fraction of sp³-hybridized carbons (Fsp3) is 0.417. The van der Waals surface area contributed by atoms with E-state index < -0.39 is 43.8 Å². The normalized spacial score (nSPS) is 13.5. The van der Waals surface area contributed by atoms with E-state index in [2.05, 4.69) is 0 Å². The summed E-state index contributed by atoms with van der Waals surface area (Å²) in [6.07, 6.45) is -0.219. The van der Waals surface area contributed by atoms with Crippen molar-refractivity contribution >= 4 is 26.2 Å². The number of aliphatic carboxylic acids is 1. The molecule has 0 aromatic heterocycles. The maximum atomic E-state index is 11.6. The molecule has 130 valence electrons. The van der Waals surface area contributed by atoms with Crippen molar-refractivity contribution in [3.8, 4) is 5.75 Å². The second kappa shape index (κ2) is 7.73. The van der Waals surface area contributed by atoms with Gasteiger partial charge < -0.3 is 15.0 Å². The van der Waals surface area contributed by atoms with E-state index in [1.165, 1.54) is 24.3 Å². The van der Waals surface area contributed by atoms with Gasteiger partial charge in [0.15, 0.2) is 0 Å². The maximum Gasteiger partial charge on any atom is 0.320 e. The van der Waals surface area contributed by atoms with E-state index in [0.717, 1.165) is 0 Å². The molecule has 0 aliphatic heterocycles. The SMILES string of the molecule is N[C@H](Cc1ccc(OS(=O)(=O)CCCS(=O)(=O)O)cc1)C(=O)O. The number of hydrogen-bond donors (Lipinski definition) is 3. The summed E-state index contributed by atoms with van der Waals surface area (Å²) in [5.74, 6) is -2.39. The van der Waals surface area contributed by atoms with Gasteiger partial charge >= 0.3 is 16.1 Å². The van der Waals surface area contributed by atoms with Gasteiger partial charge in [0, 0.05) is 0 Å². The molecule has 0 aliphatic rings. The average Bonchev–Trinajstić information content (AvgIpc) is 2.38. The van der Waals surface area contributed by atoms with Crippen molar-refractivity contribution in [2.45, 2.75) is 18.9 Å². The largest absolute Gasteiger partial charge is 0.480 e. The van der Waals surface area contributed by atoms with Crippen LogP contribution in [0.4, 0.5) is 0 Å². The Morgan fingerprint density at radius 3 is 2.17 bits per heavy atom. The summed E-state index contributed by atoms with van der Waals surface area (Å²) >= 11 is 0. The number of carboxylic acids is 1. The van der Waals surface area contributed by atoms with Crippen LogP contribution < -0.4 is 9.92 Å². The van der Waals surface area contributed by atoms with E-state index >= 15 is 0 Å². The van der Waals surface area contributed by atoms with Crippen LogP contribution in [0.5, 0.6) is 5.75 Å². The van der Waals surface area contributed by atoms with Crippen molar-refractivity contribution in [1.82, 2.24) is 0 Å². The van der Waals surface area contributed by atoms with Crippen LogP contribution in [0.3, 0.4) is 0 Å². The van der Waals surface area contributed by atoms with Gasteiger partial charge in [-0.3, -0.25) is 9.35 Å². The number of carboxylic acid groups (broad SMARTS) is 1. The minimum Gasteiger partial charge on any atom is -0.480 e. The molecule has 0 saturated carbocycles. The summed E-state index contributed by atoms with van der Waals surface area (Å²) in [7, 11) is -8.22. The van der Waals surface area contributed by atoms with Crippen LogP contribution in [0, 0.1) is 0 Å². The van der Waals surface area contributed by atoms with Crippen molar-refractivity contribution in [3.63, 3.8) is 0 Å². The first kappa shape index (κ1) is 19.4. The molecule has 1 atom stereocenters. The molecule has 0 spiro atoms. The molecule has 0 radical (unpaired) electrons. The minimum atomic E-state index is -4.22. The molecule has 23 heavy (non-hydrogen) atoms. The van der Waals surface area contributed by atoms with E-state index in [1.807, 2.05) is 0 Å². The summed E-state index contributed by atoms with van der Waals surface area (Å²) in [5, 5.41) is 8.70. The van der Waals surface area contributed by atoms with Crippen molar-refractivity contribution in [1.29, 1.82) is 0 Å². The van der Waals surface area contributed by atoms with Crippen LogP contribution in [-0.4, -0.2) is 50.0 Å². The molecule has 1 aromatic carbocycles. The van der Waals surface area contributed by atoms with Gasteiger partial charge in [0.25, 0.3) is 10.1 Å². The zero-order valence-corrected chi connectivity index (χ0v) is 13.6. The lowest BCUT2D eigenvalue weighted by atomic mass is 10.1. The average molecular weight is 367 g/mol. The number of nitrogens with two attached hydrogens (primary N) is 1. The van der Waals surface area contributed by atoms with Crippen molar-refractivity contribution < 1.29 is 35.5 Å². The van der Waals surface area contributed by atoms with E-state index in [-0.39, 0.29) is 18.6 Å². The highest BCUT2D eigenvalue weighted by Crippen LogP contribution is 2.16. The fourth-order valence-electron chi connectivity index (χ4n) is 1.63. The highest BCUT2D eigenvalue weighted by Gasteiger charge is 2.16. The molecule has 0 unspecified atom stereocenters. The summed E-state index contributed by atoms with van der Waals surface area (Å²) in [5.41, 5.74) is 5.98. The summed E-state index contributed by atoms with van der Waals surface area (Å²) in [4.78, 5) is 10.6. The predicted octanol–water partition coefficient (Wildman–Crippen LogP) is -0.372. The third kappa shape index (κ3) is 7.93. The van der Waals surface area contributed by atoms with E-state index in [4.69, 9.17) is 19.6 Å². The summed E-state index contributed by atoms with van der Waals surface area (Å²) in [6.45, 7) is 0. The molecule has 0 heterocycles. The lowest BCUT2D eigenvalue weighted by Gasteiger charge is -2.09. The molecular formula is C12H17NO8S2. The van der Waals surface area contributed by atoms with Gasteiger partial charge in [-0.15, -0.1) is 0 Å². The standard InChI is InChI=1S/C12H17NO8S2/c13-11(12(14)15)8-9-2-4-10(5-3-9)21-23(19,20)7-1-6-22(16,17)18/h2-5,11H,1,6-8,13H2,(H,14,15)(H,16,17,18)/t11-/m1/s1. The van der Waals surface area contributed by atoms with Gasteiger partial charge in [-0.05, 0) is 30.5 Å². The highest BCUT2D eigenvalue weighted by molar-refractivity contribution is 7.87. The van der Waals surface area contributed by atoms with Crippen LogP contribution in [-0.2, 0) is 31.5 Å². The lowest BCUT2D eigenvalue weighted by molar-refractivity contribution is -0.138. The number of rotatable bonds is 9. The van der Waals surface area contributed by atoms with E-state index in [0.29, 0.717) is 5.56 Å². The van der Waals surface area contributed by atoms with E-state index in [9.17, 15) is 21.6 Å². The van der Waals surface area contributed by atoms with Gasteiger partial charge in [-0.25, -0.2) is 0 Å². The fourth-order valence-corrected chi connectivity index (χ4v) is 3.31. The second-order valence-corrected chi connectivity index (χ2v) is 8.04. The van der Waals surface area contributed by atoms with Crippen LogP contribution in [0.15, 0.2) is 24.3 Å². The van der Waals surface area contributed by atoms with Crippen molar-refractivity contribution in [2.24, 2.45) is 5.73 Å². The lowest BCUT2D eigenvalue weighted by Crippen LogP contribution is -2.32. The van der Waals surface area contributed by atoms with Gasteiger partial charge in [0.2, 0.25) is 0 Å². The molecule has 0 saturated heterocycles. The van der Waals surface area contributed by atoms with Crippen LogP contribution in [0.2, 0.25) is 0 Å². The molecule has 4 N–H and O–H groups in total. The molecule has 0 aliphatic carbocycles. The van der Waals surface area contributed by atoms with Crippen molar-refractivity contribution in [2.75, 3.05) is 11.5 Å². The number of carbonyl (C=O) groups is 1. The Labute approximate surface area is 133 Å². The Morgan fingerprint density at radius 1 is 1.13 bits per heavy atom. The van der Waals surface area contributed by atoms with Crippen molar-refractivity contribution in [3.05, 3.63) is 29.8 Å². The molecule has 11 heteroatoms. The first-order valence-electron chi connectivity index (χ1n) is 6.43. The zero-order valence-electron chi connectivity index (χ0n) is 12.0. The van der Waals surface area contributed by atoms with E-state index in [1.54, 1.807) is 0 Å². The molecule has 9 nitrogen and oxygen atoms in total. The maximum absolute atomic E-state index is 11.6. The molecule has 1 rings (SSSR count). The molecular weight excluding hydrogens is 350 g/mol. The van der Waals surface area contributed by atoms with Gasteiger partial charge in [-0.2, -0.15) is 16.8 Å². The Balaban J connectivity index is 2.61. The smallest absolute Gasteiger partial charge is 0.320 e. The predicted molar refractivity (Wildman–Crippen MR) is 81.2 cm³/mol. The Morgan fingerprint density at radius 2 is 1.70 bits per heavy atom. The quantitative estimate of drug-likeness (QED) is 0.390. The highest BCUT2D eigenvalue weighted by atomic mass is 32.2. The van der Waals surface area contributed by atoms with Gasteiger partial charge in [0.05, 0.1) is 11.5 Å². The summed E-state index contributed by atoms with van der Waals surface area (Å²) < 4.78 is 57.6. The number of hydrogen-bond acceptors (Lipinski definition) is 7. The molecule has 0 bridgehead atoms. The topological polar surface area (TPSA) is 161 Å². The molecule has 0 amide bonds. The monoisotopic (exact) mass is 367 g/mol. The molecule has 1 aromatic rings. The third-order valence-corrected chi connectivity index (χ3v) is 4.76. The van der Waals surface area contributed by atoms with Gasteiger partial charge in [-0.1, -0.05) is 12.1 Å². The zero-order chi connectivity index (χ0) is 17.7. The first-order valence-corrected chi connectivity index (χ1v) is 9.62. The first-order chi connectivity index (χ1) is 10.5. The Hall–Kier alpha value is -1.69. The van der Waals surface area contributed by atoms with Crippen LogP contribution in [0.1, 0.15) is 12.0 Å². The third-order valence-electron chi connectivity index (χ3n) is 2.72. The Kier molecular flexibility index (Phi) is 6.50. The molecule has 0 fully saturated rings. The minimum absolute atomic E-state index is 0.00417. The number of benzene rings is 1. The van der Waals surface area contributed by atoms with Crippen LogP contribution in [0.25, 0.3) is 0 Å². The van der Waals surface area contributed by atoms with Crippen LogP contribution >= 0.6 is 0 Å². The second-order valence-electron chi connectivity index (χ2n) is 4.78. The Bertz CT molecular complexity index is 740. The summed E-state index contributed by atoms with van der Waals surface area (Å²) in [6, 6.07) is 4.57.